The van der Waals surface area contributed by atoms with Gasteiger partial charge in [-0.2, -0.15) is 17.6 Å². The van der Waals surface area contributed by atoms with Crippen LogP contribution in [0, 0.1) is 18.6 Å². The Morgan fingerprint density at radius 2 is 1.91 bits per heavy atom. The predicted molar refractivity (Wildman–Crippen MR) is 105 cm³/mol. The van der Waals surface area contributed by atoms with Crippen LogP contribution in [0.3, 0.4) is 0 Å². The smallest absolute Gasteiger partial charge is 0.419 e. The number of hydrogen-bond acceptors (Lipinski definition) is 5. The lowest BCUT2D eigenvalue weighted by Crippen LogP contribution is -2.49. The summed E-state index contributed by atoms with van der Waals surface area (Å²) in [5.74, 6) is -4.17. The lowest BCUT2D eigenvalue weighted by molar-refractivity contribution is -0.261. The van der Waals surface area contributed by atoms with Crippen LogP contribution in [-0.4, -0.2) is 49.5 Å². The van der Waals surface area contributed by atoms with E-state index in [4.69, 9.17) is 9.47 Å². The van der Waals surface area contributed by atoms with E-state index in [1.165, 1.54) is 13.0 Å². The number of nitrogens with one attached hydrogen (secondary N) is 2. The highest BCUT2D eigenvalue weighted by molar-refractivity contribution is 5.98. The Bertz CT molecular complexity index is 1090. The molecule has 0 bridgehead atoms. The largest absolute Gasteiger partial charge is 0.491 e. The van der Waals surface area contributed by atoms with Gasteiger partial charge in [-0.3, -0.25) is 9.59 Å². The Morgan fingerprint density at radius 3 is 2.47 bits per heavy atom. The van der Waals surface area contributed by atoms with Crippen LogP contribution < -0.4 is 20.5 Å². The van der Waals surface area contributed by atoms with Crippen molar-refractivity contribution in [1.29, 1.82) is 0 Å². The molecule has 1 saturated heterocycles. The monoisotopic (exact) mass is 461 g/mol. The molecule has 1 amide bonds. The van der Waals surface area contributed by atoms with Gasteiger partial charge >= 0.3 is 6.18 Å². The highest BCUT2D eigenvalue weighted by Crippen LogP contribution is 2.47. The fraction of sp³-hybridized carbons (Fsp3) is 0.400. The third-order valence-electron chi connectivity index (χ3n) is 5.45. The zero-order valence-electron chi connectivity index (χ0n) is 17.3. The Kier molecular flexibility index (Phi) is 6.18. The Hall–Kier alpha value is -3.15. The van der Waals surface area contributed by atoms with Crippen molar-refractivity contribution < 1.29 is 36.2 Å². The first-order chi connectivity index (χ1) is 14.9. The van der Waals surface area contributed by atoms with Crippen LogP contribution in [0.2, 0.25) is 0 Å². The topological polar surface area (TPSA) is 83.7 Å². The zero-order valence-corrected chi connectivity index (χ0v) is 17.3. The van der Waals surface area contributed by atoms with Crippen LogP contribution in [0.4, 0.5) is 33.3 Å². The normalized spacial score (nSPS) is 21.0. The molecule has 12 heteroatoms. The number of carbonyl (C=O) groups excluding carboxylic acids is 1. The van der Waals surface area contributed by atoms with Gasteiger partial charge in [0.2, 0.25) is 17.3 Å². The molecule has 7 nitrogen and oxygen atoms in total. The average molecular weight is 461 g/mol. The number of aromatic nitrogens is 1. The van der Waals surface area contributed by atoms with Crippen LogP contribution in [0.25, 0.3) is 0 Å². The number of carbonyl (C=O) groups is 1. The summed E-state index contributed by atoms with van der Waals surface area (Å²) < 4.78 is 79.4. The number of anilines is 2. The first-order valence-corrected chi connectivity index (χ1v) is 9.35. The second kappa shape index (κ2) is 8.41. The average Bonchev–Trinajstić information content (AvgIpc) is 3.13. The quantitative estimate of drug-likeness (QED) is 0.669. The fourth-order valence-electron chi connectivity index (χ4n) is 3.70. The van der Waals surface area contributed by atoms with Gasteiger partial charge in [-0.15, -0.1) is 0 Å². The van der Waals surface area contributed by atoms with E-state index in [-0.39, 0.29) is 17.1 Å². The molecule has 1 aliphatic rings. The van der Waals surface area contributed by atoms with Gasteiger partial charge in [-0.1, -0.05) is 0 Å². The molecule has 0 aliphatic carbocycles. The van der Waals surface area contributed by atoms with Gasteiger partial charge in [0.25, 0.3) is 0 Å². The van der Waals surface area contributed by atoms with Crippen molar-refractivity contribution in [3.8, 4) is 5.75 Å². The highest BCUT2D eigenvalue weighted by Gasteiger charge is 2.63. The van der Waals surface area contributed by atoms with Gasteiger partial charge in [0, 0.05) is 25.3 Å². The van der Waals surface area contributed by atoms with Crippen molar-refractivity contribution >= 4 is 17.3 Å². The van der Waals surface area contributed by atoms with Gasteiger partial charge in [0.1, 0.15) is 6.04 Å². The molecule has 1 fully saturated rings. The molecule has 174 valence electrons. The number of hydrogen-bond donors (Lipinski definition) is 2. The molecule has 2 N–H and O–H groups in total. The van der Waals surface area contributed by atoms with E-state index in [0.717, 1.165) is 37.3 Å². The molecule has 1 aliphatic heterocycles. The molecule has 2 heterocycles. The molecule has 0 saturated carbocycles. The molecule has 2 aromatic rings. The van der Waals surface area contributed by atoms with E-state index < -0.39 is 59.6 Å². The molecule has 0 radical (unpaired) electrons. The standard InChI is InChI=1S/C20H20F5N3O4/c1-10-12(5-7-15(29)26-10)27-18(30)14-8-19(32-3,20(23,24)25)9-28(14)13-6-4-11(21)16(22)17(13)31-2/h4-7,14H,8-9H2,1-3H3,(H,26,29)(H,27,30)/t14-,19-/m1/s1. The van der Waals surface area contributed by atoms with E-state index in [2.05, 4.69) is 10.3 Å². The van der Waals surface area contributed by atoms with Gasteiger partial charge in [-0.05, 0) is 25.1 Å². The van der Waals surface area contributed by atoms with Crippen LogP contribution in [0.5, 0.6) is 5.75 Å². The van der Waals surface area contributed by atoms with E-state index in [9.17, 15) is 31.5 Å². The minimum absolute atomic E-state index is 0.175. The molecule has 1 aromatic carbocycles. The number of amides is 1. The second-order valence-corrected chi connectivity index (χ2v) is 7.31. The predicted octanol–water partition coefficient (Wildman–Crippen LogP) is 3.14. The number of nitrogens with zero attached hydrogens (tertiary/aromatic N) is 1. The first-order valence-electron chi connectivity index (χ1n) is 9.35. The van der Waals surface area contributed by atoms with E-state index in [0.29, 0.717) is 0 Å². The molecule has 1 aromatic heterocycles. The molecular weight excluding hydrogens is 441 g/mol. The molecular formula is C20H20F5N3O4. The number of ether oxygens (including phenoxy) is 2. The molecule has 0 unspecified atom stereocenters. The van der Waals surface area contributed by atoms with Crippen molar-refractivity contribution in [2.75, 3.05) is 31.0 Å². The maximum Gasteiger partial charge on any atom is 0.419 e. The third kappa shape index (κ3) is 4.01. The van der Waals surface area contributed by atoms with Crippen molar-refractivity contribution in [3.63, 3.8) is 0 Å². The summed E-state index contributed by atoms with van der Waals surface area (Å²) in [6.07, 6.45) is -5.68. The Morgan fingerprint density at radius 1 is 1.22 bits per heavy atom. The summed E-state index contributed by atoms with van der Waals surface area (Å²) in [7, 11) is 1.89. The van der Waals surface area contributed by atoms with Crippen molar-refractivity contribution in [1.82, 2.24) is 4.98 Å². The number of pyridine rings is 1. The number of aromatic amines is 1. The number of aryl methyl sites for hydroxylation is 1. The minimum Gasteiger partial charge on any atom is -0.491 e. The Balaban J connectivity index is 2.07. The van der Waals surface area contributed by atoms with Crippen LogP contribution in [-0.2, 0) is 9.53 Å². The first kappa shape index (κ1) is 23.5. The van der Waals surface area contributed by atoms with Crippen LogP contribution >= 0.6 is 0 Å². The highest BCUT2D eigenvalue weighted by atomic mass is 19.4. The van der Waals surface area contributed by atoms with Gasteiger partial charge in [-0.25, -0.2) is 4.39 Å². The van der Waals surface area contributed by atoms with Crippen LogP contribution in [0.1, 0.15) is 12.1 Å². The molecule has 3 rings (SSSR count). The second-order valence-electron chi connectivity index (χ2n) is 7.31. The lowest BCUT2D eigenvalue weighted by atomic mass is 9.99. The number of H-pyrrole nitrogens is 1. The minimum atomic E-state index is -4.87. The Labute approximate surface area is 179 Å². The lowest BCUT2D eigenvalue weighted by Gasteiger charge is -2.31. The van der Waals surface area contributed by atoms with Crippen molar-refractivity contribution in [3.05, 3.63) is 51.9 Å². The van der Waals surface area contributed by atoms with Crippen molar-refractivity contribution in [2.45, 2.75) is 31.2 Å². The zero-order chi connectivity index (χ0) is 23.8. The number of methoxy groups -OCH3 is 2. The van der Waals surface area contributed by atoms with Crippen LogP contribution in [0.15, 0.2) is 29.1 Å². The van der Waals surface area contributed by atoms with Gasteiger partial charge in [0.15, 0.2) is 17.2 Å². The summed E-state index contributed by atoms with van der Waals surface area (Å²) in [5, 5.41) is 2.47. The number of halogens is 5. The third-order valence-corrected chi connectivity index (χ3v) is 5.45. The van der Waals surface area contributed by atoms with E-state index >= 15 is 0 Å². The van der Waals surface area contributed by atoms with Crippen molar-refractivity contribution in [2.24, 2.45) is 0 Å². The molecule has 0 spiro atoms. The SMILES string of the molecule is COc1c(N2C[C@@](OC)(C(F)(F)F)C[C@@H]2C(=O)Nc2ccc(=O)[nH]c2C)ccc(F)c1F. The summed E-state index contributed by atoms with van der Waals surface area (Å²) in [6.45, 7) is 0.633. The summed E-state index contributed by atoms with van der Waals surface area (Å²) in [6, 6.07) is 2.72. The van der Waals surface area contributed by atoms with E-state index in [1.54, 1.807) is 0 Å². The summed E-state index contributed by atoms with van der Waals surface area (Å²) >= 11 is 0. The number of rotatable bonds is 5. The van der Waals surface area contributed by atoms with E-state index in [1.807, 2.05) is 0 Å². The maximum atomic E-state index is 14.3. The summed E-state index contributed by atoms with van der Waals surface area (Å²) in [5.41, 5.74) is -2.95. The fourth-order valence-corrected chi connectivity index (χ4v) is 3.70. The molecule has 2 atom stereocenters. The summed E-state index contributed by atoms with van der Waals surface area (Å²) in [4.78, 5) is 27.9. The molecule has 32 heavy (non-hydrogen) atoms. The van der Waals surface area contributed by atoms with Gasteiger partial charge in [0.05, 0.1) is 25.0 Å². The maximum absolute atomic E-state index is 14.3. The number of alkyl halides is 3. The van der Waals surface area contributed by atoms with Gasteiger partial charge < -0.3 is 24.7 Å². The number of benzene rings is 1.